The van der Waals surface area contributed by atoms with E-state index in [2.05, 4.69) is 22.2 Å². The van der Waals surface area contributed by atoms with Crippen LogP contribution in [0, 0.1) is 0 Å². The Balaban J connectivity index is 0.00000441. The summed E-state index contributed by atoms with van der Waals surface area (Å²) < 4.78 is 10.7. The number of rotatable bonds is 9. The third kappa shape index (κ3) is 8.89. The highest BCUT2D eigenvalue weighted by atomic mass is 127. The average Bonchev–Trinajstić information content (AvgIpc) is 2.54. The van der Waals surface area contributed by atoms with E-state index < -0.39 is 0 Å². The summed E-state index contributed by atoms with van der Waals surface area (Å²) in [6, 6.07) is 7.90. The number of hydrogen-bond donors (Lipinski definition) is 2. The van der Waals surface area contributed by atoms with E-state index in [1.165, 1.54) is 0 Å². The van der Waals surface area contributed by atoms with Crippen molar-refractivity contribution < 1.29 is 9.47 Å². The highest BCUT2D eigenvalue weighted by Crippen LogP contribution is 2.11. The topological polar surface area (TPSA) is 54.9 Å². The van der Waals surface area contributed by atoms with Gasteiger partial charge in [-0.15, -0.1) is 30.6 Å². The first-order valence-electron chi connectivity index (χ1n) is 7.06. The van der Waals surface area contributed by atoms with Gasteiger partial charge in [-0.25, -0.2) is 0 Å². The molecule has 0 aliphatic heterocycles. The van der Waals surface area contributed by atoms with Crippen molar-refractivity contribution in [2.24, 2.45) is 4.99 Å². The number of nitrogens with one attached hydrogen (secondary N) is 2. The molecule has 22 heavy (non-hydrogen) atoms. The van der Waals surface area contributed by atoms with Gasteiger partial charge in [-0.1, -0.05) is 18.2 Å². The van der Waals surface area contributed by atoms with Crippen LogP contribution in [0.1, 0.15) is 12.0 Å². The van der Waals surface area contributed by atoms with Crippen LogP contribution in [0.4, 0.5) is 0 Å². The predicted molar refractivity (Wildman–Crippen MR) is 102 cm³/mol. The van der Waals surface area contributed by atoms with Gasteiger partial charge in [0.2, 0.25) is 0 Å². The van der Waals surface area contributed by atoms with Crippen molar-refractivity contribution >= 4 is 29.9 Å². The fourth-order valence-electron chi connectivity index (χ4n) is 1.68. The molecule has 6 heteroatoms. The Bertz CT molecular complexity index is 436. The third-order valence-electron chi connectivity index (χ3n) is 2.82. The summed E-state index contributed by atoms with van der Waals surface area (Å²) in [5.41, 5.74) is 1.15. The summed E-state index contributed by atoms with van der Waals surface area (Å²) >= 11 is 0. The molecule has 0 radical (unpaired) electrons. The zero-order chi connectivity index (χ0) is 15.3. The molecule has 2 N–H and O–H groups in total. The van der Waals surface area contributed by atoms with Gasteiger partial charge in [-0.05, 0) is 24.1 Å². The zero-order valence-electron chi connectivity index (χ0n) is 13.3. The Hall–Kier alpha value is -1.28. The van der Waals surface area contributed by atoms with Crippen LogP contribution in [0.25, 0.3) is 0 Å². The standard InChI is InChI=1S/C16H25N3O2.HI/c1-4-10-18-16(17-2)19-11-5-12-21-13-14-6-8-15(20-3)9-7-14;/h4,6-9H,1,5,10-13H2,2-3H3,(H2,17,18,19);1H. The molecule has 0 aliphatic carbocycles. The Labute approximate surface area is 150 Å². The number of aliphatic imine (C=N–C) groups is 1. The van der Waals surface area contributed by atoms with E-state index in [0.717, 1.165) is 30.2 Å². The van der Waals surface area contributed by atoms with E-state index in [1.807, 2.05) is 24.3 Å². The number of ether oxygens (including phenoxy) is 2. The first-order valence-corrected chi connectivity index (χ1v) is 7.06. The van der Waals surface area contributed by atoms with E-state index >= 15 is 0 Å². The van der Waals surface area contributed by atoms with Crippen LogP contribution in [0.5, 0.6) is 5.75 Å². The Morgan fingerprint density at radius 1 is 1.27 bits per heavy atom. The fourth-order valence-corrected chi connectivity index (χ4v) is 1.68. The molecule has 0 saturated carbocycles. The molecule has 0 fully saturated rings. The molecule has 0 aliphatic rings. The van der Waals surface area contributed by atoms with E-state index in [9.17, 15) is 0 Å². The van der Waals surface area contributed by atoms with Crippen molar-refractivity contribution in [2.75, 3.05) is 33.9 Å². The molecule has 0 atom stereocenters. The van der Waals surface area contributed by atoms with Gasteiger partial charge in [0, 0.05) is 26.7 Å². The second kappa shape index (κ2) is 13.4. The highest BCUT2D eigenvalue weighted by molar-refractivity contribution is 14.0. The second-order valence-electron chi connectivity index (χ2n) is 4.42. The monoisotopic (exact) mass is 419 g/mol. The Morgan fingerprint density at radius 3 is 2.59 bits per heavy atom. The maximum Gasteiger partial charge on any atom is 0.191 e. The van der Waals surface area contributed by atoms with Crippen LogP contribution in [0.3, 0.4) is 0 Å². The largest absolute Gasteiger partial charge is 0.497 e. The van der Waals surface area contributed by atoms with E-state index in [4.69, 9.17) is 9.47 Å². The minimum absolute atomic E-state index is 0. The van der Waals surface area contributed by atoms with E-state index in [-0.39, 0.29) is 24.0 Å². The number of hydrogen-bond acceptors (Lipinski definition) is 3. The summed E-state index contributed by atoms with van der Waals surface area (Å²) in [4.78, 5) is 4.10. The van der Waals surface area contributed by atoms with Crippen LogP contribution in [-0.2, 0) is 11.3 Å². The highest BCUT2D eigenvalue weighted by Gasteiger charge is 1.97. The van der Waals surface area contributed by atoms with Gasteiger partial charge < -0.3 is 20.1 Å². The number of nitrogens with zero attached hydrogens (tertiary/aromatic N) is 1. The summed E-state index contributed by atoms with van der Waals surface area (Å²) in [5.74, 6) is 1.64. The van der Waals surface area contributed by atoms with Crippen molar-refractivity contribution in [3.8, 4) is 5.75 Å². The average molecular weight is 419 g/mol. The van der Waals surface area contributed by atoms with E-state index in [0.29, 0.717) is 19.8 Å². The molecule has 1 aromatic rings. The lowest BCUT2D eigenvalue weighted by atomic mass is 10.2. The second-order valence-corrected chi connectivity index (χ2v) is 4.42. The summed E-state index contributed by atoms with van der Waals surface area (Å²) in [6.45, 7) is 6.50. The van der Waals surface area contributed by atoms with Gasteiger partial charge >= 0.3 is 0 Å². The first kappa shape index (κ1) is 20.7. The van der Waals surface area contributed by atoms with Gasteiger partial charge in [-0.2, -0.15) is 0 Å². The lowest BCUT2D eigenvalue weighted by molar-refractivity contribution is 0.119. The third-order valence-corrected chi connectivity index (χ3v) is 2.82. The van der Waals surface area contributed by atoms with Crippen LogP contribution in [0.2, 0.25) is 0 Å². The molecule has 0 saturated heterocycles. The summed E-state index contributed by atoms with van der Waals surface area (Å²) in [7, 11) is 3.41. The summed E-state index contributed by atoms with van der Waals surface area (Å²) in [6.07, 6.45) is 2.72. The van der Waals surface area contributed by atoms with E-state index in [1.54, 1.807) is 20.2 Å². The van der Waals surface area contributed by atoms with Crippen LogP contribution < -0.4 is 15.4 Å². The van der Waals surface area contributed by atoms with Crippen LogP contribution >= 0.6 is 24.0 Å². The maximum atomic E-state index is 5.63. The zero-order valence-corrected chi connectivity index (χ0v) is 15.6. The van der Waals surface area contributed by atoms with Crippen molar-refractivity contribution in [3.63, 3.8) is 0 Å². The van der Waals surface area contributed by atoms with Gasteiger partial charge in [0.1, 0.15) is 5.75 Å². The molecule has 124 valence electrons. The fraction of sp³-hybridized carbons (Fsp3) is 0.438. The van der Waals surface area contributed by atoms with Gasteiger partial charge in [0.25, 0.3) is 0 Å². The molecular formula is C16H26IN3O2. The van der Waals surface area contributed by atoms with Gasteiger partial charge in [-0.3, -0.25) is 4.99 Å². The molecule has 0 heterocycles. The smallest absolute Gasteiger partial charge is 0.191 e. The minimum Gasteiger partial charge on any atom is -0.497 e. The quantitative estimate of drug-likeness (QED) is 0.213. The van der Waals surface area contributed by atoms with Crippen molar-refractivity contribution in [3.05, 3.63) is 42.5 Å². The normalized spacial score (nSPS) is 10.5. The molecule has 1 rings (SSSR count). The SMILES string of the molecule is C=CCNC(=NC)NCCCOCc1ccc(OC)cc1.I. The predicted octanol–water partition coefficient (Wildman–Crippen LogP) is 2.57. The number of guanidine groups is 1. The van der Waals surface area contributed by atoms with Crippen molar-refractivity contribution in [1.82, 2.24) is 10.6 Å². The van der Waals surface area contributed by atoms with Crippen LogP contribution in [0.15, 0.2) is 41.9 Å². The summed E-state index contributed by atoms with van der Waals surface area (Å²) in [5, 5.41) is 6.33. The Kier molecular flexibility index (Phi) is 12.6. The maximum absolute atomic E-state index is 5.63. The molecule has 1 aromatic carbocycles. The number of methoxy groups -OCH3 is 1. The lowest BCUT2D eigenvalue weighted by Crippen LogP contribution is -2.38. The van der Waals surface area contributed by atoms with Crippen LogP contribution in [-0.4, -0.2) is 39.8 Å². The molecule has 0 unspecified atom stereocenters. The number of benzene rings is 1. The van der Waals surface area contributed by atoms with Gasteiger partial charge in [0.15, 0.2) is 5.96 Å². The molecule has 5 nitrogen and oxygen atoms in total. The molecule has 0 bridgehead atoms. The van der Waals surface area contributed by atoms with Gasteiger partial charge in [0.05, 0.1) is 13.7 Å². The lowest BCUT2D eigenvalue weighted by Gasteiger charge is -2.10. The molecule has 0 spiro atoms. The Morgan fingerprint density at radius 2 is 2.00 bits per heavy atom. The minimum atomic E-state index is 0. The first-order chi connectivity index (χ1) is 10.3. The van der Waals surface area contributed by atoms with Crippen molar-refractivity contribution in [1.29, 1.82) is 0 Å². The van der Waals surface area contributed by atoms with Crippen molar-refractivity contribution in [2.45, 2.75) is 13.0 Å². The molecule has 0 aromatic heterocycles. The number of halogens is 1. The molecular weight excluding hydrogens is 393 g/mol. The molecule has 0 amide bonds.